The normalized spacial score (nSPS) is 11.7. The van der Waals surface area contributed by atoms with Gasteiger partial charge in [0.2, 0.25) is 10.0 Å². The van der Waals surface area contributed by atoms with Crippen molar-refractivity contribution in [3.8, 4) is 16.8 Å². The van der Waals surface area contributed by atoms with E-state index in [0.29, 0.717) is 28.2 Å². The first kappa shape index (κ1) is 22.0. The Morgan fingerprint density at radius 2 is 1.90 bits per heavy atom. The fourth-order valence-electron chi connectivity index (χ4n) is 2.93. The van der Waals surface area contributed by atoms with Crippen LogP contribution in [-0.4, -0.2) is 24.0 Å². The number of hydrogen-bond donors (Lipinski definition) is 1. The zero-order chi connectivity index (χ0) is 22.1. The molecule has 0 amide bonds. The monoisotopic (exact) mass is 449 g/mol. The molecule has 9 heteroatoms. The highest BCUT2D eigenvalue weighted by Crippen LogP contribution is 2.29. The Labute approximate surface area is 179 Å². The van der Waals surface area contributed by atoms with Crippen LogP contribution < -0.4 is 10.3 Å². The molecule has 0 saturated carbocycles. The third kappa shape index (κ3) is 4.71. The van der Waals surface area contributed by atoms with Crippen molar-refractivity contribution in [1.82, 2.24) is 9.78 Å². The molecule has 1 N–H and O–H groups in total. The van der Waals surface area contributed by atoms with Gasteiger partial charge in [-0.05, 0) is 48.7 Å². The third-order valence-corrected chi connectivity index (χ3v) is 6.08. The van der Waals surface area contributed by atoms with Crippen LogP contribution in [0.3, 0.4) is 0 Å². The topological polar surface area (TPSA) is 81.1 Å². The maximum atomic E-state index is 13.5. The number of nitrogens with one attached hydrogen (secondary N) is 1. The van der Waals surface area contributed by atoms with Crippen molar-refractivity contribution < 1.29 is 12.8 Å². The molecule has 0 spiro atoms. The van der Waals surface area contributed by atoms with Gasteiger partial charge in [0.15, 0.2) is 0 Å². The van der Waals surface area contributed by atoms with E-state index in [2.05, 4.69) is 9.82 Å². The molecule has 0 aliphatic rings. The Morgan fingerprint density at radius 1 is 1.17 bits per heavy atom. The lowest BCUT2D eigenvalue weighted by Crippen LogP contribution is -2.23. The molecule has 3 aromatic rings. The number of sulfonamides is 1. The van der Waals surface area contributed by atoms with Gasteiger partial charge in [0.25, 0.3) is 5.56 Å². The van der Waals surface area contributed by atoms with Gasteiger partial charge in [-0.25, -0.2) is 12.8 Å². The molecular weight excluding hydrogens is 429 g/mol. The van der Waals surface area contributed by atoms with Crippen LogP contribution in [0.2, 0.25) is 5.02 Å². The predicted molar refractivity (Wildman–Crippen MR) is 117 cm³/mol. The second kappa shape index (κ2) is 8.57. The van der Waals surface area contributed by atoms with E-state index in [9.17, 15) is 17.6 Å². The van der Waals surface area contributed by atoms with E-state index in [4.69, 9.17) is 11.6 Å². The van der Waals surface area contributed by atoms with Gasteiger partial charge in [-0.15, -0.1) is 0 Å². The van der Waals surface area contributed by atoms with Gasteiger partial charge in [0, 0.05) is 17.3 Å². The summed E-state index contributed by atoms with van der Waals surface area (Å²) in [6.07, 6.45) is 0. The summed E-state index contributed by atoms with van der Waals surface area (Å²) < 4.78 is 41.0. The molecule has 30 heavy (non-hydrogen) atoms. The van der Waals surface area contributed by atoms with E-state index in [1.165, 1.54) is 28.9 Å². The van der Waals surface area contributed by atoms with Crippen molar-refractivity contribution in [2.45, 2.75) is 26.7 Å². The van der Waals surface area contributed by atoms with Crippen LogP contribution in [0.15, 0.2) is 53.3 Å². The van der Waals surface area contributed by atoms with Crippen LogP contribution in [0, 0.1) is 5.82 Å². The number of aromatic nitrogens is 2. The van der Waals surface area contributed by atoms with E-state index in [0.717, 1.165) is 0 Å². The van der Waals surface area contributed by atoms with Gasteiger partial charge in [-0.1, -0.05) is 37.6 Å². The van der Waals surface area contributed by atoms with Gasteiger partial charge >= 0.3 is 0 Å². The molecule has 0 aliphatic carbocycles. The lowest BCUT2D eigenvalue weighted by atomic mass is 9.98. The van der Waals surface area contributed by atoms with E-state index in [-0.39, 0.29) is 16.7 Å². The number of hydrogen-bond acceptors (Lipinski definition) is 4. The molecule has 6 nitrogen and oxygen atoms in total. The Bertz CT molecular complexity index is 1260. The molecule has 0 bridgehead atoms. The molecule has 0 unspecified atom stereocenters. The summed E-state index contributed by atoms with van der Waals surface area (Å²) >= 11 is 5.85. The zero-order valence-electron chi connectivity index (χ0n) is 16.7. The molecule has 1 heterocycles. The van der Waals surface area contributed by atoms with Crippen LogP contribution in [0.4, 0.5) is 10.1 Å². The van der Waals surface area contributed by atoms with Crippen LogP contribution in [0.5, 0.6) is 0 Å². The van der Waals surface area contributed by atoms with Crippen molar-refractivity contribution in [1.29, 1.82) is 0 Å². The Morgan fingerprint density at radius 3 is 2.53 bits per heavy atom. The minimum absolute atomic E-state index is 0.0428. The third-order valence-electron chi connectivity index (χ3n) is 4.48. The summed E-state index contributed by atoms with van der Waals surface area (Å²) in [5.74, 6) is -0.675. The maximum absolute atomic E-state index is 13.5. The first-order chi connectivity index (χ1) is 14.1. The highest BCUT2D eigenvalue weighted by molar-refractivity contribution is 7.92. The summed E-state index contributed by atoms with van der Waals surface area (Å²) in [6, 6.07) is 12.2. The first-order valence-electron chi connectivity index (χ1n) is 9.32. The molecule has 2 aromatic carbocycles. The summed E-state index contributed by atoms with van der Waals surface area (Å²) in [6.45, 7) is 5.41. The summed E-state index contributed by atoms with van der Waals surface area (Å²) in [5.41, 5.74) is 2.21. The van der Waals surface area contributed by atoms with Gasteiger partial charge < -0.3 is 0 Å². The average Bonchev–Trinajstić information content (AvgIpc) is 2.69. The standard InChI is InChI=1S/C21H21ClFN3O3S/c1-4-30(28,29)25-15-7-5-6-14(10-15)17-12-20(27)26(24-21(17)13(2)3)16-8-9-19(23)18(22)11-16/h5-13,25H,4H2,1-3H3. The summed E-state index contributed by atoms with van der Waals surface area (Å²) in [7, 11) is -3.43. The summed E-state index contributed by atoms with van der Waals surface area (Å²) in [5, 5.41) is 4.39. The first-order valence-corrected chi connectivity index (χ1v) is 11.3. The molecule has 1 aromatic heterocycles. The van der Waals surface area contributed by atoms with Crippen molar-refractivity contribution in [3.05, 3.63) is 75.4 Å². The second-order valence-corrected chi connectivity index (χ2v) is 9.45. The Kier molecular flexibility index (Phi) is 6.28. The van der Waals surface area contributed by atoms with Gasteiger partial charge in [0.1, 0.15) is 5.82 Å². The van der Waals surface area contributed by atoms with E-state index in [1.54, 1.807) is 31.2 Å². The predicted octanol–water partition coefficient (Wildman–Crippen LogP) is 4.58. The molecule has 0 aliphatic heterocycles. The number of benzene rings is 2. The van der Waals surface area contributed by atoms with Crippen LogP contribution in [-0.2, 0) is 10.0 Å². The number of rotatable bonds is 6. The van der Waals surface area contributed by atoms with Crippen molar-refractivity contribution >= 4 is 27.3 Å². The summed E-state index contributed by atoms with van der Waals surface area (Å²) in [4.78, 5) is 12.8. The molecule has 0 fully saturated rings. The maximum Gasteiger partial charge on any atom is 0.272 e. The zero-order valence-corrected chi connectivity index (χ0v) is 18.3. The molecular formula is C21H21ClFN3O3S. The smallest absolute Gasteiger partial charge is 0.272 e. The van der Waals surface area contributed by atoms with Crippen molar-refractivity contribution in [2.75, 3.05) is 10.5 Å². The number of anilines is 1. The molecule has 0 saturated heterocycles. The highest BCUT2D eigenvalue weighted by Gasteiger charge is 2.16. The molecule has 0 radical (unpaired) electrons. The SMILES string of the molecule is CCS(=O)(=O)Nc1cccc(-c2cc(=O)n(-c3ccc(F)c(Cl)c3)nc2C(C)C)c1. The van der Waals surface area contributed by atoms with E-state index in [1.807, 2.05) is 13.8 Å². The minimum Gasteiger partial charge on any atom is -0.284 e. The second-order valence-electron chi connectivity index (χ2n) is 7.03. The van der Waals surface area contributed by atoms with Crippen LogP contribution in [0.1, 0.15) is 32.4 Å². The molecule has 3 rings (SSSR count). The van der Waals surface area contributed by atoms with E-state index < -0.39 is 21.4 Å². The Balaban J connectivity index is 2.14. The minimum atomic E-state index is -3.43. The van der Waals surface area contributed by atoms with Crippen LogP contribution >= 0.6 is 11.6 Å². The van der Waals surface area contributed by atoms with Crippen LogP contribution in [0.25, 0.3) is 16.8 Å². The van der Waals surface area contributed by atoms with E-state index >= 15 is 0 Å². The lowest BCUT2D eigenvalue weighted by Gasteiger charge is -2.16. The number of nitrogens with zero attached hydrogens (tertiary/aromatic N) is 2. The highest BCUT2D eigenvalue weighted by atomic mass is 35.5. The molecule has 158 valence electrons. The fourth-order valence-corrected chi connectivity index (χ4v) is 3.74. The lowest BCUT2D eigenvalue weighted by molar-refractivity contribution is 0.602. The largest absolute Gasteiger partial charge is 0.284 e. The van der Waals surface area contributed by atoms with Gasteiger partial charge in [0.05, 0.1) is 22.2 Å². The van der Waals surface area contributed by atoms with Crippen molar-refractivity contribution in [3.63, 3.8) is 0 Å². The van der Waals surface area contributed by atoms with Gasteiger partial charge in [-0.3, -0.25) is 9.52 Å². The number of halogens is 2. The molecule has 0 atom stereocenters. The Hall–Kier alpha value is -2.71. The fraction of sp³-hybridized carbons (Fsp3) is 0.238. The average molecular weight is 450 g/mol. The van der Waals surface area contributed by atoms with Gasteiger partial charge in [-0.2, -0.15) is 9.78 Å². The van der Waals surface area contributed by atoms with Crippen molar-refractivity contribution in [2.24, 2.45) is 0 Å². The quantitative estimate of drug-likeness (QED) is 0.597.